The fraction of sp³-hybridized carbons (Fsp3) is 0.435. The van der Waals surface area contributed by atoms with E-state index in [-0.39, 0.29) is 17.4 Å². The first kappa shape index (κ1) is 19.0. The summed E-state index contributed by atoms with van der Waals surface area (Å²) >= 11 is 0. The van der Waals surface area contributed by atoms with E-state index in [0.29, 0.717) is 24.0 Å². The van der Waals surface area contributed by atoms with Gasteiger partial charge in [-0.1, -0.05) is 0 Å². The fourth-order valence-corrected chi connectivity index (χ4v) is 5.65. The van der Waals surface area contributed by atoms with E-state index in [0.717, 1.165) is 48.2 Å². The van der Waals surface area contributed by atoms with Crippen LogP contribution in [0, 0.1) is 35.5 Å². The van der Waals surface area contributed by atoms with Gasteiger partial charge in [0.15, 0.2) is 0 Å². The van der Waals surface area contributed by atoms with Gasteiger partial charge in [0.25, 0.3) is 0 Å². The molecule has 4 atom stereocenters. The quantitative estimate of drug-likeness (QED) is 0.634. The molecule has 1 aliphatic heterocycles. The van der Waals surface area contributed by atoms with E-state index in [2.05, 4.69) is 31.2 Å². The topological polar surface area (TPSA) is 113 Å². The number of nitriles is 1. The number of fused-ring (bicyclic) bond motifs is 2. The Labute approximate surface area is 184 Å². The molecule has 3 aromatic rings. The number of nitrogens with zero attached hydrogens (tertiary/aromatic N) is 8. The summed E-state index contributed by atoms with van der Waals surface area (Å²) in [6.45, 7) is 2.66. The lowest BCUT2D eigenvalue weighted by Gasteiger charge is -2.62. The molecule has 3 aromatic heterocycles. The second-order valence-corrected chi connectivity index (χ2v) is 9.09. The highest BCUT2D eigenvalue weighted by Gasteiger charge is 2.65. The first-order valence-corrected chi connectivity index (χ1v) is 11.0. The number of carbonyl (C=O) groups excluding carboxylic acids is 1. The van der Waals surface area contributed by atoms with E-state index in [9.17, 15) is 4.79 Å². The molecule has 0 aromatic carbocycles. The summed E-state index contributed by atoms with van der Waals surface area (Å²) in [5.74, 6) is 0.869. The minimum Gasteiger partial charge on any atom is -0.272 e. The molecule has 4 unspecified atom stereocenters. The second-order valence-electron chi connectivity index (χ2n) is 9.09. The van der Waals surface area contributed by atoms with Crippen molar-refractivity contribution in [3.63, 3.8) is 0 Å². The van der Waals surface area contributed by atoms with Crippen LogP contribution in [0.25, 0.3) is 11.0 Å². The van der Waals surface area contributed by atoms with Crippen molar-refractivity contribution in [2.24, 2.45) is 22.4 Å². The SMILES string of the molecule is Cc1cnc(C2CC=NN2C(=O)C23CCC2C(Cn2ncc4nc(C#N)ccc42)C3)cn1. The van der Waals surface area contributed by atoms with E-state index >= 15 is 0 Å². The third-order valence-corrected chi connectivity index (χ3v) is 7.43. The minimum absolute atomic E-state index is 0.122. The molecule has 0 spiro atoms. The van der Waals surface area contributed by atoms with Crippen LogP contribution in [-0.4, -0.2) is 41.9 Å². The zero-order valence-electron chi connectivity index (χ0n) is 17.7. The maximum absolute atomic E-state index is 13.6. The highest BCUT2D eigenvalue weighted by atomic mass is 16.2. The predicted molar refractivity (Wildman–Crippen MR) is 115 cm³/mol. The average Bonchev–Trinajstić information content (AvgIpc) is 3.44. The predicted octanol–water partition coefficient (Wildman–Crippen LogP) is 2.78. The van der Waals surface area contributed by atoms with Gasteiger partial charge in [-0.3, -0.25) is 19.4 Å². The largest absolute Gasteiger partial charge is 0.272 e. The molecule has 0 N–H and O–H groups in total. The van der Waals surface area contributed by atoms with Gasteiger partial charge in [0.1, 0.15) is 23.3 Å². The van der Waals surface area contributed by atoms with Gasteiger partial charge in [-0.05, 0) is 50.2 Å². The summed E-state index contributed by atoms with van der Waals surface area (Å²) in [5, 5.41) is 19.6. The van der Waals surface area contributed by atoms with Gasteiger partial charge in [0.05, 0.1) is 34.7 Å². The molecule has 32 heavy (non-hydrogen) atoms. The van der Waals surface area contributed by atoms with Crippen molar-refractivity contribution in [3.05, 3.63) is 47.8 Å². The molecule has 2 fully saturated rings. The van der Waals surface area contributed by atoms with Gasteiger partial charge in [0.2, 0.25) is 5.91 Å². The van der Waals surface area contributed by atoms with Crippen molar-refractivity contribution in [1.82, 2.24) is 29.7 Å². The number of aryl methyl sites for hydroxylation is 1. The Morgan fingerprint density at radius 3 is 2.91 bits per heavy atom. The van der Waals surface area contributed by atoms with Crippen molar-refractivity contribution in [2.45, 2.75) is 45.2 Å². The summed E-state index contributed by atoms with van der Waals surface area (Å²) in [7, 11) is 0. The van der Waals surface area contributed by atoms with E-state index in [1.807, 2.05) is 23.9 Å². The maximum atomic E-state index is 13.6. The lowest BCUT2D eigenvalue weighted by atomic mass is 9.42. The molecule has 0 bridgehead atoms. The molecule has 4 heterocycles. The highest BCUT2D eigenvalue weighted by Crippen LogP contribution is 2.66. The van der Waals surface area contributed by atoms with Gasteiger partial charge >= 0.3 is 0 Å². The number of pyridine rings is 1. The molecular formula is C23H22N8O. The molecule has 0 radical (unpaired) electrons. The van der Waals surface area contributed by atoms with Crippen LogP contribution >= 0.6 is 0 Å². The number of carbonyl (C=O) groups is 1. The van der Waals surface area contributed by atoms with Crippen molar-refractivity contribution in [2.75, 3.05) is 0 Å². The third-order valence-electron chi connectivity index (χ3n) is 7.43. The van der Waals surface area contributed by atoms with Gasteiger partial charge in [-0.15, -0.1) is 0 Å². The number of amides is 1. The smallest absolute Gasteiger partial charge is 0.249 e. The number of hydrogen-bond acceptors (Lipinski definition) is 7. The monoisotopic (exact) mass is 426 g/mol. The summed E-state index contributed by atoms with van der Waals surface area (Å²) in [6, 6.07) is 5.52. The van der Waals surface area contributed by atoms with Crippen LogP contribution in [0.15, 0.2) is 35.8 Å². The van der Waals surface area contributed by atoms with Crippen LogP contribution in [0.5, 0.6) is 0 Å². The lowest BCUT2D eigenvalue weighted by Crippen LogP contribution is -2.63. The van der Waals surface area contributed by atoms with Crippen molar-refractivity contribution >= 4 is 23.2 Å². The maximum Gasteiger partial charge on any atom is 0.249 e. The van der Waals surface area contributed by atoms with E-state index in [1.165, 1.54) is 0 Å². The Kier molecular flexibility index (Phi) is 4.12. The molecule has 0 saturated heterocycles. The van der Waals surface area contributed by atoms with Crippen molar-refractivity contribution < 1.29 is 4.79 Å². The highest BCUT2D eigenvalue weighted by molar-refractivity contribution is 5.87. The number of hydrogen-bond donors (Lipinski definition) is 0. The Morgan fingerprint density at radius 2 is 2.19 bits per heavy atom. The van der Waals surface area contributed by atoms with Crippen molar-refractivity contribution in [1.29, 1.82) is 5.26 Å². The Balaban J connectivity index is 1.19. The van der Waals surface area contributed by atoms with Crippen LogP contribution < -0.4 is 0 Å². The number of aromatic nitrogens is 5. The van der Waals surface area contributed by atoms with Gasteiger partial charge in [-0.2, -0.15) is 15.5 Å². The second kappa shape index (κ2) is 6.92. The average molecular weight is 426 g/mol. The van der Waals surface area contributed by atoms with Gasteiger partial charge < -0.3 is 0 Å². The first-order valence-electron chi connectivity index (χ1n) is 11.0. The lowest BCUT2D eigenvalue weighted by molar-refractivity contribution is -0.188. The third kappa shape index (κ3) is 2.68. The Bertz CT molecular complexity index is 1290. The number of hydrazone groups is 1. The molecule has 2 saturated carbocycles. The fourth-order valence-electron chi connectivity index (χ4n) is 5.65. The summed E-state index contributed by atoms with van der Waals surface area (Å²) in [6.07, 6.45) is 10.5. The van der Waals surface area contributed by atoms with Crippen LogP contribution in [0.3, 0.4) is 0 Å². The molecule has 3 aliphatic rings. The molecule has 2 aliphatic carbocycles. The molecule has 9 nitrogen and oxygen atoms in total. The zero-order chi connectivity index (χ0) is 21.9. The van der Waals surface area contributed by atoms with Gasteiger partial charge in [-0.25, -0.2) is 9.99 Å². The molecule has 160 valence electrons. The molecule has 1 amide bonds. The van der Waals surface area contributed by atoms with Crippen molar-refractivity contribution in [3.8, 4) is 6.07 Å². The van der Waals surface area contributed by atoms with Crippen LogP contribution in [0.1, 0.15) is 48.8 Å². The zero-order valence-corrected chi connectivity index (χ0v) is 17.7. The normalized spacial score (nSPS) is 28.1. The Hall–Kier alpha value is -3.67. The van der Waals surface area contributed by atoms with Gasteiger partial charge in [0, 0.05) is 25.4 Å². The van der Waals surface area contributed by atoms with Crippen LogP contribution in [0.2, 0.25) is 0 Å². The summed E-state index contributed by atoms with van der Waals surface area (Å²) in [4.78, 5) is 26.7. The number of rotatable bonds is 4. The molecular weight excluding hydrogens is 404 g/mol. The van der Waals surface area contributed by atoms with E-state index in [4.69, 9.17) is 5.26 Å². The molecule has 6 rings (SSSR count). The van der Waals surface area contributed by atoms with E-state index in [1.54, 1.807) is 29.7 Å². The van der Waals surface area contributed by atoms with E-state index < -0.39 is 0 Å². The Morgan fingerprint density at radius 1 is 1.28 bits per heavy atom. The van der Waals surface area contributed by atoms with Crippen LogP contribution in [-0.2, 0) is 11.3 Å². The summed E-state index contributed by atoms with van der Waals surface area (Å²) < 4.78 is 1.96. The first-order chi connectivity index (χ1) is 15.6. The van der Waals surface area contributed by atoms with Crippen LogP contribution in [0.4, 0.5) is 0 Å². The minimum atomic E-state index is -0.308. The standard InChI is InChI=1S/C23H22N8O/c1-14-10-26-18(11-25-14)21-5-7-27-31(21)22(32)23-6-4-17(23)15(8-23)13-30-20-3-2-16(9-24)29-19(20)12-28-30/h2-3,7,10-12,15,17,21H,4-6,8,13H2,1H3. The molecule has 9 heteroatoms. The summed E-state index contributed by atoms with van der Waals surface area (Å²) in [5.41, 5.74) is 3.38.